The number of hydrogen-bond acceptors (Lipinski definition) is 6. The first-order valence-electron chi connectivity index (χ1n) is 11.0. The van der Waals surface area contributed by atoms with E-state index in [1.54, 1.807) is 26.4 Å². The van der Waals surface area contributed by atoms with Crippen molar-refractivity contribution in [1.82, 2.24) is 4.90 Å². The number of rotatable bonds is 9. The number of carbonyl (C=O) groups excluding carboxylic acids is 1. The first kappa shape index (κ1) is 23.5. The van der Waals surface area contributed by atoms with Crippen LogP contribution >= 0.6 is 0 Å². The zero-order chi connectivity index (χ0) is 23.1. The highest BCUT2D eigenvalue weighted by Gasteiger charge is 2.29. The van der Waals surface area contributed by atoms with Gasteiger partial charge in [-0.25, -0.2) is 0 Å². The van der Waals surface area contributed by atoms with Gasteiger partial charge in [0.1, 0.15) is 0 Å². The zero-order valence-electron chi connectivity index (χ0n) is 19.0. The van der Waals surface area contributed by atoms with E-state index in [4.69, 9.17) is 9.47 Å². The average molecular weight is 442 g/mol. The van der Waals surface area contributed by atoms with Gasteiger partial charge in [0.15, 0.2) is 11.5 Å². The predicted molar refractivity (Wildman–Crippen MR) is 123 cm³/mol. The molecule has 32 heavy (non-hydrogen) atoms. The number of hydrogen-bond donors (Lipinski definition) is 0. The summed E-state index contributed by atoms with van der Waals surface area (Å²) in [6, 6.07) is 12.5. The van der Waals surface area contributed by atoms with Crippen molar-refractivity contribution in [3.63, 3.8) is 0 Å². The minimum absolute atomic E-state index is 0.0912. The van der Waals surface area contributed by atoms with Gasteiger partial charge in [0.05, 0.1) is 19.1 Å². The summed E-state index contributed by atoms with van der Waals surface area (Å²) in [4.78, 5) is 27.9. The van der Waals surface area contributed by atoms with E-state index in [1.165, 1.54) is 6.07 Å². The maximum atomic E-state index is 13.0. The number of benzene rings is 2. The number of non-ortho nitro benzene ring substituents is 1. The molecule has 0 spiro atoms. The highest BCUT2D eigenvalue weighted by Crippen LogP contribution is 2.34. The topological polar surface area (TPSA) is 85.2 Å². The highest BCUT2D eigenvalue weighted by molar-refractivity contribution is 5.94. The lowest BCUT2D eigenvalue weighted by Crippen LogP contribution is -2.47. The molecule has 0 aromatic heterocycles. The Balaban J connectivity index is 1.72. The van der Waals surface area contributed by atoms with Crippen LogP contribution in [0.2, 0.25) is 0 Å². The van der Waals surface area contributed by atoms with Crippen molar-refractivity contribution in [3.8, 4) is 11.5 Å². The van der Waals surface area contributed by atoms with E-state index in [1.807, 2.05) is 36.1 Å². The van der Waals surface area contributed by atoms with E-state index in [-0.39, 0.29) is 22.6 Å². The van der Waals surface area contributed by atoms with Crippen LogP contribution in [-0.4, -0.2) is 49.1 Å². The molecule has 8 heteroatoms. The molecule has 0 radical (unpaired) electrons. The summed E-state index contributed by atoms with van der Waals surface area (Å²) < 4.78 is 10.8. The van der Waals surface area contributed by atoms with Crippen LogP contribution in [0, 0.1) is 10.1 Å². The second-order valence-corrected chi connectivity index (χ2v) is 7.99. The fourth-order valence-electron chi connectivity index (χ4n) is 4.23. The summed E-state index contributed by atoms with van der Waals surface area (Å²) in [5.41, 5.74) is 1.86. The van der Waals surface area contributed by atoms with Gasteiger partial charge in [-0.05, 0) is 37.0 Å². The van der Waals surface area contributed by atoms with Gasteiger partial charge >= 0.3 is 0 Å². The van der Waals surface area contributed by atoms with Gasteiger partial charge in [-0.3, -0.25) is 19.8 Å². The van der Waals surface area contributed by atoms with Crippen molar-refractivity contribution < 1.29 is 19.2 Å². The van der Waals surface area contributed by atoms with Gasteiger partial charge in [-0.1, -0.05) is 19.1 Å². The molecule has 0 aliphatic carbocycles. The summed E-state index contributed by atoms with van der Waals surface area (Å²) in [6.07, 6.45) is 2.94. The lowest BCUT2D eigenvalue weighted by atomic mass is 10.0. The minimum atomic E-state index is -0.365. The molecule has 0 saturated carbocycles. The van der Waals surface area contributed by atoms with Crippen molar-refractivity contribution in [3.05, 3.63) is 58.1 Å². The first-order valence-corrected chi connectivity index (χ1v) is 11.0. The number of piperidine rings is 1. The van der Waals surface area contributed by atoms with Crippen LogP contribution in [0.15, 0.2) is 42.5 Å². The van der Waals surface area contributed by atoms with Crippen molar-refractivity contribution in [2.24, 2.45) is 0 Å². The molecule has 8 nitrogen and oxygen atoms in total. The molecule has 1 amide bonds. The van der Waals surface area contributed by atoms with Gasteiger partial charge in [0.2, 0.25) is 5.91 Å². The molecule has 0 atom stereocenters. The molecule has 172 valence electrons. The van der Waals surface area contributed by atoms with E-state index in [0.717, 1.165) is 43.6 Å². The zero-order valence-corrected chi connectivity index (χ0v) is 19.0. The molecule has 2 aromatic rings. The second-order valence-electron chi connectivity index (χ2n) is 7.99. The average Bonchev–Trinajstić information content (AvgIpc) is 2.80. The minimum Gasteiger partial charge on any atom is -0.493 e. The maximum absolute atomic E-state index is 13.0. The number of nitro benzene ring substituents is 1. The quantitative estimate of drug-likeness (QED) is 0.423. The number of likely N-dealkylation sites (tertiary alicyclic amines) is 1. The van der Waals surface area contributed by atoms with Crippen LogP contribution in [0.4, 0.5) is 11.4 Å². The van der Waals surface area contributed by atoms with Crippen LogP contribution < -0.4 is 14.4 Å². The Morgan fingerprint density at radius 2 is 1.84 bits per heavy atom. The molecule has 0 N–H and O–H groups in total. The predicted octanol–water partition coefficient (Wildman–Crippen LogP) is 4.41. The number of ether oxygens (including phenoxy) is 2. The number of methoxy groups -OCH3 is 2. The van der Waals surface area contributed by atoms with Crippen LogP contribution in [0.5, 0.6) is 11.5 Å². The van der Waals surface area contributed by atoms with Gasteiger partial charge in [-0.2, -0.15) is 0 Å². The number of nitro groups is 1. The fraction of sp³-hybridized carbons (Fsp3) is 0.458. The summed E-state index contributed by atoms with van der Waals surface area (Å²) >= 11 is 0. The van der Waals surface area contributed by atoms with Gasteiger partial charge in [-0.15, -0.1) is 0 Å². The number of carbonyl (C=O) groups is 1. The molecule has 1 saturated heterocycles. The van der Waals surface area contributed by atoms with E-state index in [9.17, 15) is 14.9 Å². The number of amides is 1. The number of anilines is 1. The normalized spacial score (nSPS) is 14.7. The van der Waals surface area contributed by atoms with Gasteiger partial charge in [0.25, 0.3) is 5.69 Å². The maximum Gasteiger partial charge on any atom is 0.269 e. The van der Waals surface area contributed by atoms with Crippen LogP contribution in [0.25, 0.3) is 0 Å². The van der Waals surface area contributed by atoms with E-state index >= 15 is 0 Å². The standard InChI is InChI=1S/C24H31N3O5/c1-4-6-24(28)26(20-9-10-22(31-2)23(16-20)32-3)19-11-13-25(14-12-19)17-18-7-5-8-21(15-18)27(29)30/h5,7-10,15-16,19H,4,6,11-14,17H2,1-3H3. The van der Waals surface area contributed by atoms with E-state index in [0.29, 0.717) is 24.5 Å². The third kappa shape index (κ3) is 5.56. The molecule has 0 unspecified atom stereocenters. The lowest BCUT2D eigenvalue weighted by Gasteiger charge is -2.39. The lowest BCUT2D eigenvalue weighted by molar-refractivity contribution is -0.384. The Morgan fingerprint density at radius 3 is 2.47 bits per heavy atom. The monoisotopic (exact) mass is 441 g/mol. The van der Waals surface area contributed by atoms with E-state index < -0.39 is 0 Å². The molecule has 0 bridgehead atoms. The summed E-state index contributed by atoms with van der Waals surface area (Å²) in [7, 11) is 3.18. The van der Waals surface area contributed by atoms with Gasteiger partial charge in [0, 0.05) is 56.0 Å². The Hall–Kier alpha value is -3.13. The molecular formula is C24H31N3O5. The molecule has 3 rings (SSSR count). The fourth-order valence-corrected chi connectivity index (χ4v) is 4.23. The smallest absolute Gasteiger partial charge is 0.269 e. The third-order valence-electron chi connectivity index (χ3n) is 5.83. The molecule has 2 aromatic carbocycles. The summed E-state index contributed by atoms with van der Waals surface area (Å²) in [5, 5.41) is 11.0. The molecular weight excluding hydrogens is 410 g/mol. The van der Waals surface area contributed by atoms with Gasteiger partial charge < -0.3 is 14.4 Å². The third-order valence-corrected chi connectivity index (χ3v) is 5.83. The van der Waals surface area contributed by atoms with Crippen molar-refractivity contribution in [2.75, 3.05) is 32.2 Å². The first-order chi connectivity index (χ1) is 15.5. The Labute approximate surface area is 188 Å². The Kier molecular flexibility index (Phi) is 8.05. The summed E-state index contributed by atoms with van der Waals surface area (Å²) in [5.74, 6) is 1.34. The SMILES string of the molecule is CCCC(=O)N(c1ccc(OC)c(OC)c1)C1CCN(Cc2cccc([N+](=O)[O-])c2)CC1. The summed E-state index contributed by atoms with van der Waals surface area (Å²) in [6.45, 7) is 4.30. The highest BCUT2D eigenvalue weighted by atomic mass is 16.6. The Morgan fingerprint density at radius 1 is 1.12 bits per heavy atom. The molecule has 1 aliphatic rings. The molecule has 1 heterocycles. The number of nitrogens with zero attached hydrogens (tertiary/aromatic N) is 3. The van der Waals surface area contributed by atoms with E-state index in [2.05, 4.69) is 4.90 Å². The van der Waals surface area contributed by atoms with Crippen LogP contribution in [-0.2, 0) is 11.3 Å². The Bertz CT molecular complexity index is 941. The van der Waals surface area contributed by atoms with Crippen LogP contribution in [0.1, 0.15) is 38.2 Å². The largest absolute Gasteiger partial charge is 0.493 e. The molecule has 1 fully saturated rings. The second kappa shape index (κ2) is 10.9. The van der Waals surface area contributed by atoms with Crippen molar-refractivity contribution in [1.29, 1.82) is 0 Å². The molecule has 1 aliphatic heterocycles. The van der Waals surface area contributed by atoms with Crippen LogP contribution in [0.3, 0.4) is 0 Å². The van der Waals surface area contributed by atoms with Crippen molar-refractivity contribution >= 4 is 17.3 Å². The van der Waals surface area contributed by atoms with Crippen molar-refractivity contribution in [2.45, 2.75) is 45.2 Å².